The molecule has 1 amide bonds. The third-order valence-electron chi connectivity index (χ3n) is 4.19. The largest absolute Gasteiger partial charge is 0.372 e. The molecule has 0 bridgehead atoms. The molecule has 22 heavy (non-hydrogen) atoms. The quantitative estimate of drug-likeness (QED) is 0.929. The van der Waals surface area contributed by atoms with Crippen molar-refractivity contribution in [2.24, 2.45) is 5.92 Å². The highest BCUT2D eigenvalue weighted by atomic mass is 19.1. The van der Waals surface area contributed by atoms with Gasteiger partial charge in [0.1, 0.15) is 5.82 Å². The number of amides is 1. The number of benzene rings is 1. The van der Waals surface area contributed by atoms with Crippen LogP contribution in [0.25, 0.3) is 0 Å². The number of nitrogens with one attached hydrogen (secondary N) is 1. The summed E-state index contributed by atoms with van der Waals surface area (Å²) in [6.07, 6.45) is 2.15. The van der Waals surface area contributed by atoms with E-state index in [0.29, 0.717) is 25.3 Å². The standard InChI is InChI=1S/C17H23FN2O2/c1-11-9-20(10-12(2)22-11)16-6-3-13(7-15(16)18)8-19-17(21)14-4-5-14/h3,6-7,11-12,14H,4-5,8-10H2,1-2H3,(H,19,21)/t11-,12-/m1/s1. The number of anilines is 1. The maximum atomic E-state index is 14.4. The van der Waals surface area contributed by atoms with E-state index in [1.807, 2.05) is 24.8 Å². The zero-order valence-corrected chi connectivity index (χ0v) is 13.1. The van der Waals surface area contributed by atoms with Gasteiger partial charge in [0.2, 0.25) is 5.91 Å². The van der Waals surface area contributed by atoms with Gasteiger partial charge in [-0.3, -0.25) is 4.79 Å². The Morgan fingerprint density at radius 3 is 2.59 bits per heavy atom. The maximum absolute atomic E-state index is 14.4. The minimum Gasteiger partial charge on any atom is -0.372 e. The van der Waals surface area contributed by atoms with Crippen molar-refractivity contribution in [3.63, 3.8) is 0 Å². The molecule has 2 atom stereocenters. The highest BCUT2D eigenvalue weighted by molar-refractivity contribution is 5.80. The van der Waals surface area contributed by atoms with Crippen LogP contribution in [0, 0.1) is 11.7 Å². The molecule has 0 spiro atoms. The predicted octanol–water partition coefficient (Wildman–Crippen LogP) is 2.47. The minimum atomic E-state index is -0.237. The summed E-state index contributed by atoms with van der Waals surface area (Å²) in [6, 6.07) is 5.21. The van der Waals surface area contributed by atoms with Crippen LogP contribution in [0.1, 0.15) is 32.3 Å². The second-order valence-corrected chi connectivity index (χ2v) is 6.44. The monoisotopic (exact) mass is 306 g/mol. The van der Waals surface area contributed by atoms with E-state index in [1.54, 1.807) is 6.07 Å². The number of rotatable bonds is 4. The summed E-state index contributed by atoms with van der Waals surface area (Å²) in [5.41, 5.74) is 1.41. The first-order valence-electron chi connectivity index (χ1n) is 7.99. The first kappa shape index (κ1) is 15.3. The summed E-state index contributed by atoms with van der Waals surface area (Å²) >= 11 is 0. The lowest BCUT2D eigenvalue weighted by Gasteiger charge is -2.37. The molecular formula is C17H23FN2O2. The average Bonchev–Trinajstić information content (AvgIpc) is 3.28. The van der Waals surface area contributed by atoms with Crippen LogP contribution >= 0.6 is 0 Å². The second kappa shape index (κ2) is 6.24. The first-order valence-corrected chi connectivity index (χ1v) is 7.99. The molecule has 3 rings (SSSR count). The van der Waals surface area contributed by atoms with E-state index in [2.05, 4.69) is 5.32 Å². The highest BCUT2D eigenvalue weighted by Crippen LogP contribution is 2.29. The molecule has 1 aromatic carbocycles. The van der Waals surface area contributed by atoms with Crippen LogP contribution in [0.5, 0.6) is 0 Å². The topological polar surface area (TPSA) is 41.6 Å². The molecule has 0 radical (unpaired) electrons. The van der Waals surface area contributed by atoms with Gasteiger partial charge in [0.25, 0.3) is 0 Å². The molecular weight excluding hydrogens is 283 g/mol. The predicted molar refractivity (Wildman–Crippen MR) is 83.2 cm³/mol. The molecule has 1 aromatic rings. The van der Waals surface area contributed by atoms with E-state index < -0.39 is 0 Å². The van der Waals surface area contributed by atoms with Crippen LogP contribution in [0.3, 0.4) is 0 Å². The van der Waals surface area contributed by atoms with Crippen molar-refractivity contribution >= 4 is 11.6 Å². The number of morpholine rings is 1. The van der Waals surface area contributed by atoms with E-state index in [9.17, 15) is 9.18 Å². The smallest absolute Gasteiger partial charge is 0.223 e. The molecule has 2 fully saturated rings. The molecule has 0 unspecified atom stereocenters. The van der Waals surface area contributed by atoms with Crippen molar-refractivity contribution < 1.29 is 13.9 Å². The van der Waals surface area contributed by atoms with E-state index >= 15 is 0 Å². The minimum absolute atomic E-state index is 0.0836. The molecule has 2 aliphatic rings. The van der Waals surface area contributed by atoms with Gasteiger partial charge in [-0.1, -0.05) is 6.07 Å². The first-order chi connectivity index (χ1) is 10.5. The normalized spacial score (nSPS) is 25.1. The maximum Gasteiger partial charge on any atom is 0.223 e. The fourth-order valence-corrected chi connectivity index (χ4v) is 2.97. The van der Waals surface area contributed by atoms with Crippen LogP contribution in [0.4, 0.5) is 10.1 Å². The summed E-state index contributed by atoms with van der Waals surface area (Å²) in [5, 5.41) is 2.86. The number of halogens is 1. The van der Waals surface area contributed by atoms with Crippen molar-refractivity contribution in [3.8, 4) is 0 Å². The van der Waals surface area contributed by atoms with E-state index in [1.165, 1.54) is 6.07 Å². The Labute approximate surface area is 130 Å². The number of hydrogen-bond donors (Lipinski definition) is 1. The van der Waals surface area contributed by atoms with Gasteiger partial charge in [-0.15, -0.1) is 0 Å². The Morgan fingerprint density at radius 1 is 1.32 bits per heavy atom. The SMILES string of the molecule is C[C@@H]1CN(c2ccc(CNC(=O)C3CC3)cc2F)C[C@@H](C)O1. The molecule has 4 nitrogen and oxygen atoms in total. The molecule has 5 heteroatoms. The molecule has 1 N–H and O–H groups in total. The zero-order chi connectivity index (χ0) is 15.7. The summed E-state index contributed by atoms with van der Waals surface area (Å²) < 4.78 is 20.1. The van der Waals surface area contributed by atoms with Gasteiger partial charge < -0.3 is 15.0 Å². The highest BCUT2D eigenvalue weighted by Gasteiger charge is 2.29. The number of ether oxygens (including phenoxy) is 1. The Bertz CT molecular complexity index is 550. The van der Waals surface area contributed by atoms with Gasteiger partial charge in [-0.05, 0) is 44.4 Å². The van der Waals surface area contributed by atoms with Gasteiger partial charge in [0, 0.05) is 25.6 Å². The summed E-state index contributed by atoms with van der Waals surface area (Å²) in [6.45, 7) is 5.78. The summed E-state index contributed by atoms with van der Waals surface area (Å²) in [5.74, 6) is 0.0280. The molecule has 120 valence electrons. The van der Waals surface area contributed by atoms with Crippen molar-refractivity contribution in [3.05, 3.63) is 29.6 Å². The third-order valence-corrected chi connectivity index (χ3v) is 4.19. The molecule has 1 heterocycles. The molecule has 0 aromatic heterocycles. The van der Waals surface area contributed by atoms with Crippen LogP contribution in [-0.2, 0) is 16.1 Å². The number of hydrogen-bond acceptors (Lipinski definition) is 3. The van der Waals surface area contributed by atoms with Gasteiger partial charge in [0.05, 0.1) is 17.9 Å². The number of carbonyl (C=O) groups excluding carboxylic acids is 1. The Kier molecular flexibility index (Phi) is 4.34. The van der Waals surface area contributed by atoms with Gasteiger partial charge >= 0.3 is 0 Å². The third kappa shape index (κ3) is 3.58. The summed E-state index contributed by atoms with van der Waals surface area (Å²) in [7, 11) is 0. The molecule has 1 saturated heterocycles. The Morgan fingerprint density at radius 2 is 2.00 bits per heavy atom. The van der Waals surface area contributed by atoms with Gasteiger partial charge in [0.15, 0.2) is 0 Å². The Hall–Kier alpha value is -1.62. The van der Waals surface area contributed by atoms with E-state index in [-0.39, 0.29) is 29.9 Å². The lowest BCUT2D eigenvalue weighted by atomic mass is 10.1. The molecule has 1 saturated carbocycles. The number of carbonyl (C=O) groups is 1. The van der Waals surface area contributed by atoms with Crippen LogP contribution in [0.2, 0.25) is 0 Å². The van der Waals surface area contributed by atoms with Crippen LogP contribution in [0.15, 0.2) is 18.2 Å². The molecule has 1 aliphatic heterocycles. The van der Waals surface area contributed by atoms with Crippen molar-refractivity contribution in [1.82, 2.24) is 5.32 Å². The van der Waals surface area contributed by atoms with Crippen molar-refractivity contribution in [1.29, 1.82) is 0 Å². The van der Waals surface area contributed by atoms with Gasteiger partial charge in [-0.2, -0.15) is 0 Å². The fraction of sp³-hybridized carbons (Fsp3) is 0.588. The lowest BCUT2D eigenvalue weighted by Crippen LogP contribution is -2.45. The summed E-state index contributed by atoms with van der Waals surface area (Å²) in [4.78, 5) is 13.7. The second-order valence-electron chi connectivity index (χ2n) is 6.44. The van der Waals surface area contributed by atoms with E-state index in [0.717, 1.165) is 18.4 Å². The zero-order valence-electron chi connectivity index (χ0n) is 13.1. The number of nitrogens with zero attached hydrogens (tertiary/aromatic N) is 1. The van der Waals surface area contributed by atoms with Gasteiger partial charge in [-0.25, -0.2) is 4.39 Å². The average molecular weight is 306 g/mol. The fourth-order valence-electron chi connectivity index (χ4n) is 2.97. The van der Waals surface area contributed by atoms with Crippen LogP contribution in [-0.4, -0.2) is 31.2 Å². The Balaban J connectivity index is 1.64. The van der Waals surface area contributed by atoms with E-state index in [4.69, 9.17) is 4.74 Å². The lowest BCUT2D eigenvalue weighted by molar-refractivity contribution is -0.122. The van der Waals surface area contributed by atoms with Crippen LogP contribution < -0.4 is 10.2 Å². The van der Waals surface area contributed by atoms with Crippen molar-refractivity contribution in [2.75, 3.05) is 18.0 Å². The van der Waals surface area contributed by atoms with Crippen molar-refractivity contribution in [2.45, 2.75) is 45.4 Å². The molecule has 1 aliphatic carbocycles.